The molecule has 1 atom stereocenters. The number of fused-ring (bicyclic) bond motifs is 1. The highest BCUT2D eigenvalue weighted by molar-refractivity contribution is 7.10. The maximum atomic E-state index is 13.4. The third-order valence-corrected chi connectivity index (χ3v) is 4.67. The van der Waals surface area contributed by atoms with Gasteiger partial charge in [0.2, 0.25) is 5.91 Å². The first-order valence-corrected chi connectivity index (χ1v) is 8.21. The molecule has 3 aromatic rings. The number of carboxylic acids is 1. The van der Waals surface area contributed by atoms with Crippen LogP contribution in [-0.2, 0) is 16.0 Å². The van der Waals surface area contributed by atoms with Gasteiger partial charge in [-0.2, -0.15) is 0 Å². The number of rotatable bonds is 6. The fourth-order valence-corrected chi connectivity index (χ4v) is 3.38. The number of aromatic nitrogens is 1. The van der Waals surface area contributed by atoms with Gasteiger partial charge in [-0.15, -0.1) is 11.3 Å². The van der Waals surface area contributed by atoms with Gasteiger partial charge in [-0.05, 0) is 35.2 Å². The van der Waals surface area contributed by atoms with Crippen molar-refractivity contribution in [1.82, 2.24) is 10.3 Å². The van der Waals surface area contributed by atoms with Gasteiger partial charge < -0.3 is 15.4 Å². The highest BCUT2D eigenvalue weighted by atomic mass is 32.1. The number of hydrogen-bond donors (Lipinski definition) is 3. The Kier molecular flexibility index (Phi) is 4.61. The van der Waals surface area contributed by atoms with Crippen molar-refractivity contribution in [3.8, 4) is 0 Å². The zero-order chi connectivity index (χ0) is 17.1. The number of thiophene rings is 1. The molecule has 124 valence electrons. The van der Waals surface area contributed by atoms with Crippen LogP contribution in [-0.4, -0.2) is 22.0 Å². The van der Waals surface area contributed by atoms with Crippen LogP contribution in [0.5, 0.6) is 0 Å². The molecule has 0 radical (unpaired) electrons. The van der Waals surface area contributed by atoms with Crippen molar-refractivity contribution in [2.24, 2.45) is 0 Å². The smallest absolute Gasteiger partial charge is 0.305 e. The SMILES string of the molecule is O=C(O)CC(NC(=O)Cc1c[nH]c2ccc(F)cc12)c1cccs1. The number of carboxylic acid groups (broad SMARTS) is 1. The molecule has 5 nitrogen and oxygen atoms in total. The lowest BCUT2D eigenvalue weighted by atomic mass is 10.1. The maximum absolute atomic E-state index is 13.4. The lowest BCUT2D eigenvalue weighted by molar-refractivity contribution is -0.137. The Hall–Kier alpha value is -2.67. The molecule has 0 spiro atoms. The molecule has 0 fully saturated rings. The quantitative estimate of drug-likeness (QED) is 0.641. The van der Waals surface area contributed by atoms with E-state index >= 15 is 0 Å². The summed E-state index contributed by atoms with van der Waals surface area (Å²) in [7, 11) is 0. The Labute approximate surface area is 141 Å². The Morgan fingerprint density at radius 3 is 2.88 bits per heavy atom. The predicted octanol–water partition coefficient (Wildman–Crippen LogP) is 3.24. The summed E-state index contributed by atoms with van der Waals surface area (Å²) in [5.74, 6) is -1.66. The first kappa shape index (κ1) is 16.2. The number of carbonyl (C=O) groups is 2. The number of H-pyrrole nitrogens is 1. The molecule has 2 aromatic heterocycles. The van der Waals surface area contributed by atoms with E-state index in [1.807, 2.05) is 11.4 Å². The minimum absolute atomic E-state index is 0.0466. The van der Waals surface area contributed by atoms with Crippen LogP contribution in [0.25, 0.3) is 10.9 Å². The summed E-state index contributed by atoms with van der Waals surface area (Å²) in [6, 6.07) is 7.37. The van der Waals surface area contributed by atoms with Crippen molar-refractivity contribution in [2.75, 3.05) is 0 Å². The maximum Gasteiger partial charge on any atom is 0.305 e. The van der Waals surface area contributed by atoms with Gasteiger partial charge in [0.05, 0.1) is 18.9 Å². The zero-order valence-corrected chi connectivity index (χ0v) is 13.4. The van der Waals surface area contributed by atoms with Crippen molar-refractivity contribution >= 4 is 34.1 Å². The number of halogens is 1. The zero-order valence-electron chi connectivity index (χ0n) is 12.6. The van der Waals surface area contributed by atoms with Crippen LogP contribution in [0.1, 0.15) is 22.9 Å². The van der Waals surface area contributed by atoms with E-state index in [9.17, 15) is 14.0 Å². The Bertz CT molecular complexity index is 873. The third kappa shape index (κ3) is 3.62. The molecule has 24 heavy (non-hydrogen) atoms. The van der Waals surface area contributed by atoms with E-state index < -0.39 is 12.0 Å². The minimum atomic E-state index is -0.983. The fourth-order valence-electron chi connectivity index (χ4n) is 2.60. The summed E-state index contributed by atoms with van der Waals surface area (Å²) in [5, 5.41) is 14.3. The van der Waals surface area contributed by atoms with Gasteiger partial charge in [-0.3, -0.25) is 9.59 Å². The molecule has 7 heteroatoms. The molecular formula is C17H15FN2O3S. The predicted molar refractivity (Wildman–Crippen MR) is 89.4 cm³/mol. The van der Waals surface area contributed by atoms with Crippen molar-refractivity contribution in [2.45, 2.75) is 18.9 Å². The van der Waals surface area contributed by atoms with E-state index in [2.05, 4.69) is 10.3 Å². The van der Waals surface area contributed by atoms with Gasteiger partial charge in [0.1, 0.15) is 5.82 Å². The lowest BCUT2D eigenvalue weighted by Crippen LogP contribution is -2.30. The topological polar surface area (TPSA) is 82.2 Å². The molecule has 1 aromatic carbocycles. The monoisotopic (exact) mass is 346 g/mol. The number of benzene rings is 1. The molecule has 1 amide bonds. The second kappa shape index (κ2) is 6.84. The number of aliphatic carboxylic acids is 1. The van der Waals surface area contributed by atoms with Crippen LogP contribution in [0.2, 0.25) is 0 Å². The first-order chi connectivity index (χ1) is 11.5. The van der Waals surface area contributed by atoms with Gasteiger partial charge in [0.15, 0.2) is 0 Å². The summed E-state index contributed by atoms with van der Waals surface area (Å²) in [6.45, 7) is 0. The van der Waals surface area contributed by atoms with Gasteiger partial charge in [0.25, 0.3) is 0 Å². The number of carbonyl (C=O) groups excluding carboxylic acids is 1. The number of nitrogens with one attached hydrogen (secondary N) is 2. The number of amides is 1. The van der Waals surface area contributed by atoms with Crippen LogP contribution < -0.4 is 5.32 Å². The summed E-state index contributed by atoms with van der Waals surface area (Å²) < 4.78 is 13.4. The average molecular weight is 346 g/mol. The van der Waals surface area contributed by atoms with Crippen molar-refractivity contribution in [3.63, 3.8) is 0 Å². The molecule has 0 bridgehead atoms. The summed E-state index contributed by atoms with van der Waals surface area (Å²) in [6.07, 6.45) is 1.53. The molecule has 0 aliphatic heterocycles. The first-order valence-electron chi connectivity index (χ1n) is 7.33. The largest absolute Gasteiger partial charge is 0.481 e. The van der Waals surface area contributed by atoms with Crippen LogP contribution in [0.3, 0.4) is 0 Å². The number of aromatic amines is 1. The Morgan fingerprint density at radius 1 is 1.33 bits per heavy atom. The van der Waals surface area contributed by atoms with Gasteiger partial charge in [-0.25, -0.2) is 4.39 Å². The van der Waals surface area contributed by atoms with Gasteiger partial charge in [-0.1, -0.05) is 6.07 Å². The van der Waals surface area contributed by atoms with Crippen molar-refractivity contribution in [3.05, 3.63) is 58.2 Å². The molecule has 1 unspecified atom stereocenters. The van der Waals surface area contributed by atoms with E-state index in [1.54, 1.807) is 18.3 Å². The van der Waals surface area contributed by atoms with Crippen molar-refractivity contribution < 1.29 is 19.1 Å². The van der Waals surface area contributed by atoms with E-state index in [1.165, 1.54) is 23.5 Å². The number of hydrogen-bond acceptors (Lipinski definition) is 3. The van der Waals surface area contributed by atoms with E-state index in [0.29, 0.717) is 10.9 Å². The highest BCUT2D eigenvalue weighted by Gasteiger charge is 2.19. The highest BCUT2D eigenvalue weighted by Crippen LogP contribution is 2.23. The second-order valence-corrected chi connectivity index (χ2v) is 6.39. The Morgan fingerprint density at radius 2 is 2.17 bits per heavy atom. The molecular weight excluding hydrogens is 331 g/mol. The summed E-state index contributed by atoms with van der Waals surface area (Å²) in [5.41, 5.74) is 1.42. The van der Waals surface area contributed by atoms with Gasteiger partial charge in [0, 0.05) is 22.0 Å². The molecule has 3 N–H and O–H groups in total. The fraction of sp³-hybridized carbons (Fsp3) is 0.176. The second-order valence-electron chi connectivity index (χ2n) is 5.41. The third-order valence-electron chi connectivity index (χ3n) is 3.68. The van der Waals surface area contributed by atoms with E-state index in [4.69, 9.17) is 5.11 Å². The van der Waals surface area contributed by atoms with E-state index in [0.717, 1.165) is 10.4 Å². The molecule has 2 heterocycles. The van der Waals surface area contributed by atoms with Gasteiger partial charge >= 0.3 is 5.97 Å². The average Bonchev–Trinajstić information content (AvgIpc) is 3.16. The van der Waals surface area contributed by atoms with Crippen LogP contribution >= 0.6 is 11.3 Å². The summed E-state index contributed by atoms with van der Waals surface area (Å²) in [4.78, 5) is 27.1. The Balaban J connectivity index is 1.75. The summed E-state index contributed by atoms with van der Waals surface area (Å²) >= 11 is 1.39. The van der Waals surface area contributed by atoms with E-state index in [-0.39, 0.29) is 24.6 Å². The molecule has 0 saturated heterocycles. The van der Waals surface area contributed by atoms with Crippen molar-refractivity contribution in [1.29, 1.82) is 0 Å². The molecule has 0 saturated carbocycles. The lowest BCUT2D eigenvalue weighted by Gasteiger charge is -2.15. The minimum Gasteiger partial charge on any atom is -0.481 e. The normalized spacial score (nSPS) is 12.2. The molecule has 0 aliphatic carbocycles. The van der Waals surface area contributed by atoms with Crippen LogP contribution in [0.4, 0.5) is 4.39 Å². The molecule has 0 aliphatic rings. The standard InChI is InChI=1S/C17H15FN2O3S/c18-11-3-4-13-12(7-11)10(9-19-13)6-16(21)20-14(8-17(22)23)15-2-1-5-24-15/h1-5,7,9,14,19H,6,8H2,(H,20,21)(H,22,23). The van der Waals surface area contributed by atoms with Crippen LogP contribution in [0.15, 0.2) is 41.9 Å². The van der Waals surface area contributed by atoms with Crippen LogP contribution in [0, 0.1) is 5.82 Å². The molecule has 3 rings (SSSR count).